The first-order chi connectivity index (χ1) is 12.4. The van der Waals surface area contributed by atoms with Crippen molar-refractivity contribution < 1.29 is 17.7 Å². The topological polar surface area (TPSA) is 29.1 Å². The van der Waals surface area contributed by atoms with Gasteiger partial charge in [-0.1, -0.05) is 66.7 Å². The molecule has 1 unspecified atom stereocenters. The summed E-state index contributed by atoms with van der Waals surface area (Å²) in [6.45, 7) is 0. The fraction of sp³-hybridized carbons (Fsp3) is 0.100. The Bertz CT molecular complexity index is 840. The Balaban J connectivity index is 2.12. The lowest BCUT2D eigenvalue weighted by Gasteiger charge is -2.28. The number of rotatable bonds is 5. The third-order valence-corrected chi connectivity index (χ3v) is 6.68. The summed E-state index contributed by atoms with van der Waals surface area (Å²) in [5.41, 5.74) is 0.0205. The summed E-state index contributed by atoms with van der Waals surface area (Å²) in [6.07, 6.45) is -4.60. The summed E-state index contributed by atoms with van der Waals surface area (Å²) in [5.74, 6) is 0. The van der Waals surface area contributed by atoms with E-state index < -0.39 is 19.5 Å². The maximum absolute atomic E-state index is 13.8. The van der Waals surface area contributed by atoms with Crippen molar-refractivity contribution in [3.05, 3.63) is 96.6 Å². The van der Waals surface area contributed by atoms with Crippen molar-refractivity contribution in [3.8, 4) is 0 Å². The number of halogens is 3. The molecule has 0 aliphatic heterocycles. The van der Waals surface area contributed by atoms with Gasteiger partial charge in [0.2, 0.25) is 7.29 Å². The zero-order valence-corrected chi connectivity index (χ0v) is 14.6. The normalized spacial score (nSPS) is 13.3. The molecule has 3 rings (SSSR count). The Kier molecular flexibility index (Phi) is 5.30. The van der Waals surface area contributed by atoms with Crippen molar-refractivity contribution in [1.82, 2.24) is 5.09 Å². The van der Waals surface area contributed by atoms with Crippen LogP contribution in [0.4, 0.5) is 13.2 Å². The number of hydrogen-bond acceptors (Lipinski definition) is 1. The van der Waals surface area contributed by atoms with Crippen molar-refractivity contribution in [2.45, 2.75) is 12.2 Å². The largest absolute Gasteiger partial charge is 0.408 e. The van der Waals surface area contributed by atoms with Gasteiger partial charge >= 0.3 is 6.18 Å². The Labute approximate surface area is 150 Å². The standard InChI is InChI=1S/C20H17F3NOP/c21-20(22,23)19(16-10-4-1-5-11-16)24-26(25,17-12-6-2-7-13-17)18-14-8-3-9-15-18/h1-15,19H,(H,24,25). The second-order valence-electron chi connectivity index (χ2n) is 5.79. The fourth-order valence-corrected chi connectivity index (χ4v) is 5.18. The van der Waals surface area contributed by atoms with Crippen LogP contribution >= 0.6 is 7.29 Å². The summed E-state index contributed by atoms with van der Waals surface area (Å²) in [4.78, 5) is 0. The van der Waals surface area contributed by atoms with Gasteiger partial charge in [0.05, 0.1) is 0 Å². The van der Waals surface area contributed by atoms with Crippen molar-refractivity contribution in [3.63, 3.8) is 0 Å². The predicted octanol–water partition coefficient (Wildman–Crippen LogP) is 4.81. The highest BCUT2D eigenvalue weighted by Gasteiger charge is 2.45. The average molecular weight is 375 g/mol. The third kappa shape index (κ3) is 3.90. The van der Waals surface area contributed by atoms with Gasteiger partial charge in [0.25, 0.3) is 0 Å². The van der Waals surface area contributed by atoms with Crippen molar-refractivity contribution in [2.24, 2.45) is 0 Å². The molecule has 0 amide bonds. The Morgan fingerprint density at radius 1 is 0.692 bits per heavy atom. The maximum Gasteiger partial charge on any atom is 0.408 e. The van der Waals surface area contributed by atoms with Gasteiger partial charge in [-0.15, -0.1) is 0 Å². The second kappa shape index (κ2) is 7.48. The molecule has 26 heavy (non-hydrogen) atoms. The zero-order valence-electron chi connectivity index (χ0n) is 13.7. The Morgan fingerprint density at radius 3 is 1.46 bits per heavy atom. The van der Waals surface area contributed by atoms with Crippen molar-refractivity contribution >= 4 is 17.9 Å². The van der Waals surface area contributed by atoms with Gasteiger partial charge in [-0.3, -0.25) is 4.57 Å². The molecular weight excluding hydrogens is 358 g/mol. The van der Waals surface area contributed by atoms with Gasteiger partial charge in [0.15, 0.2) is 0 Å². The van der Waals surface area contributed by atoms with E-state index in [0.717, 1.165) is 0 Å². The molecule has 0 fully saturated rings. The van der Waals surface area contributed by atoms with E-state index in [0.29, 0.717) is 10.6 Å². The van der Waals surface area contributed by atoms with E-state index in [1.54, 1.807) is 66.7 Å². The lowest BCUT2D eigenvalue weighted by molar-refractivity contribution is -0.153. The number of hydrogen-bond donors (Lipinski definition) is 1. The predicted molar refractivity (Wildman–Crippen MR) is 98.1 cm³/mol. The van der Waals surface area contributed by atoms with E-state index in [9.17, 15) is 17.7 Å². The molecule has 0 radical (unpaired) electrons. The van der Waals surface area contributed by atoms with Crippen molar-refractivity contribution in [2.75, 3.05) is 0 Å². The maximum atomic E-state index is 13.8. The molecule has 6 heteroatoms. The molecule has 1 atom stereocenters. The molecule has 0 aliphatic carbocycles. The minimum Gasteiger partial charge on any atom is -0.296 e. The molecule has 3 aromatic rings. The number of nitrogens with one attached hydrogen (secondary N) is 1. The third-order valence-electron chi connectivity index (χ3n) is 4.01. The van der Waals surface area contributed by atoms with E-state index in [2.05, 4.69) is 5.09 Å². The molecule has 0 bridgehead atoms. The summed E-state index contributed by atoms with van der Waals surface area (Å²) in [5, 5.41) is 3.11. The lowest BCUT2D eigenvalue weighted by Crippen LogP contribution is -2.37. The molecule has 134 valence electrons. The van der Waals surface area contributed by atoms with Crippen molar-refractivity contribution in [1.29, 1.82) is 0 Å². The van der Waals surface area contributed by atoms with Crippen LogP contribution in [0.5, 0.6) is 0 Å². The van der Waals surface area contributed by atoms with E-state index in [4.69, 9.17) is 0 Å². The molecule has 3 aromatic carbocycles. The number of alkyl halides is 3. The monoisotopic (exact) mass is 375 g/mol. The summed E-state index contributed by atoms with van der Waals surface area (Å²) in [6, 6.07) is 21.9. The first kappa shape index (κ1) is 18.4. The van der Waals surface area contributed by atoms with Crippen LogP contribution in [0.1, 0.15) is 11.6 Å². The van der Waals surface area contributed by atoms with E-state index >= 15 is 0 Å². The quantitative estimate of drug-likeness (QED) is 0.649. The van der Waals surface area contributed by atoms with E-state index in [1.807, 2.05) is 0 Å². The minimum absolute atomic E-state index is 0.0205. The van der Waals surface area contributed by atoms with E-state index in [-0.39, 0.29) is 5.56 Å². The molecule has 0 aliphatic rings. The molecule has 0 saturated heterocycles. The molecule has 0 aromatic heterocycles. The molecule has 0 spiro atoms. The lowest BCUT2D eigenvalue weighted by atomic mass is 10.1. The SMILES string of the molecule is O=P(NC(c1ccccc1)C(F)(F)F)(c1ccccc1)c1ccccc1. The molecule has 0 heterocycles. The van der Waals surface area contributed by atoms with Gasteiger partial charge in [0, 0.05) is 10.6 Å². The first-order valence-corrected chi connectivity index (χ1v) is 9.73. The van der Waals surface area contributed by atoms with Gasteiger partial charge < -0.3 is 0 Å². The van der Waals surface area contributed by atoms with Crippen LogP contribution in [0, 0.1) is 0 Å². The van der Waals surface area contributed by atoms with Crippen LogP contribution in [0.15, 0.2) is 91.0 Å². The smallest absolute Gasteiger partial charge is 0.296 e. The van der Waals surface area contributed by atoms with Gasteiger partial charge in [-0.25, -0.2) is 5.09 Å². The van der Waals surface area contributed by atoms with Crippen LogP contribution < -0.4 is 15.7 Å². The highest BCUT2D eigenvalue weighted by molar-refractivity contribution is 7.76. The van der Waals surface area contributed by atoms with Crippen LogP contribution in [0.25, 0.3) is 0 Å². The molecule has 0 saturated carbocycles. The Hall–Kier alpha value is -2.36. The zero-order chi connectivity index (χ0) is 18.6. The summed E-state index contributed by atoms with van der Waals surface area (Å²) in [7, 11) is -3.71. The highest BCUT2D eigenvalue weighted by atomic mass is 31.2. The Morgan fingerprint density at radius 2 is 1.08 bits per heavy atom. The summed E-state index contributed by atoms with van der Waals surface area (Å²) < 4.78 is 55.2. The fourth-order valence-electron chi connectivity index (χ4n) is 2.74. The van der Waals surface area contributed by atoms with Crippen LogP contribution in [-0.4, -0.2) is 6.18 Å². The first-order valence-electron chi connectivity index (χ1n) is 8.02. The van der Waals surface area contributed by atoms with Gasteiger partial charge in [0.1, 0.15) is 6.04 Å². The molecule has 1 N–H and O–H groups in total. The van der Waals surface area contributed by atoms with Gasteiger partial charge in [-0.2, -0.15) is 13.2 Å². The average Bonchev–Trinajstić information content (AvgIpc) is 2.67. The molecule has 2 nitrogen and oxygen atoms in total. The molecular formula is C20H17F3NOP. The van der Waals surface area contributed by atoms with Crippen LogP contribution in [0.3, 0.4) is 0 Å². The number of benzene rings is 3. The van der Waals surface area contributed by atoms with E-state index in [1.165, 1.54) is 24.3 Å². The highest BCUT2D eigenvalue weighted by Crippen LogP contribution is 2.45. The minimum atomic E-state index is -4.60. The van der Waals surface area contributed by atoms with Gasteiger partial charge in [-0.05, 0) is 29.8 Å². The second-order valence-corrected chi connectivity index (χ2v) is 8.30. The summed E-state index contributed by atoms with van der Waals surface area (Å²) >= 11 is 0. The van der Waals surface area contributed by atoms with Crippen LogP contribution in [0.2, 0.25) is 0 Å². The van der Waals surface area contributed by atoms with Crippen LogP contribution in [-0.2, 0) is 4.57 Å².